The number of rotatable bonds is 5. The van der Waals surface area contributed by atoms with Crippen molar-refractivity contribution in [2.45, 2.75) is 12.5 Å². The first-order chi connectivity index (χ1) is 9.52. The Morgan fingerprint density at radius 1 is 1.30 bits per heavy atom. The highest BCUT2D eigenvalue weighted by Gasteiger charge is 2.20. The maximum atomic E-state index is 12.0. The Labute approximate surface area is 117 Å². The molecule has 1 aromatic carbocycles. The van der Waals surface area contributed by atoms with Gasteiger partial charge in [0.2, 0.25) is 0 Å². The fourth-order valence-electron chi connectivity index (χ4n) is 1.74. The molecule has 5 nitrogen and oxygen atoms in total. The Balaban J connectivity index is 2.09. The number of carbonyl (C=O) groups excluding carboxylic acids is 1. The number of benzene rings is 1. The van der Waals surface area contributed by atoms with Gasteiger partial charge in [0.1, 0.15) is 5.60 Å². The van der Waals surface area contributed by atoms with Gasteiger partial charge in [-0.3, -0.25) is 4.79 Å². The third kappa shape index (κ3) is 3.46. The number of hydrogen-bond donors (Lipinski definition) is 3. The molecule has 0 radical (unpaired) electrons. The standard InChI is InChI=1S/C15H18N2O3/c1-15(20,11-18)10-16-14(19)12-5-4-6-13(9-12)17-7-2-3-8-17/h2-9,18,20H,10-11H2,1H3,(H,16,19). The molecule has 0 fully saturated rings. The van der Waals surface area contributed by atoms with Gasteiger partial charge >= 0.3 is 0 Å². The Kier molecular flexibility index (Phi) is 4.22. The highest BCUT2D eigenvalue weighted by Crippen LogP contribution is 2.11. The van der Waals surface area contributed by atoms with Crippen molar-refractivity contribution in [1.29, 1.82) is 0 Å². The van der Waals surface area contributed by atoms with Crippen molar-refractivity contribution in [3.8, 4) is 5.69 Å². The number of amides is 1. The van der Waals surface area contributed by atoms with Crippen LogP contribution in [0.1, 0.15) is 17.3 Å². The second-order valence-corrected chi connectivity index (χ2v) is 4.98. The van der Waals surface area contributed by atoms with Gasteiger partial charge in [0.05, 0.1) is 6.61 Å². The first kappa shape index (κ1) is 14.3. The molecule has 1 amide bonds. The number of nitrogens with zero attached hydrogens (tertiary/aromatic N) is 1. The van der Waals surface area contributed by atoms with Crippen LogP contribution in [0.3, 0.4) is 0 Å². The first-order valence-corrected chi connectivity index (χ1v) is 6.37. The molecule has 2 aromatic rings. The van der Waals surface area contributed by atoms with Gasteiger partial charge in [-0.1, -0.05) is 6.07 Å². The predicted molar refractivity (Wildman–Crippen MR) is 75.8 cm³/mol. The van der Waals surface area contributed by atoms with Crippen LogP contribution < -0.4 is 5.32 Å². The Morgan fingerprint density at radius 2 is 2.00 bits per heavy atom. The van der Waals surface area contributed by atoms with Crippen LogP contribution in [-0.4, -0.2) is 39.4 Å². The van der Waals surface area contributed by atoms with E-state index >= 15 is 0 Å². The molecule has 2 rings (SSSR count). The lowest BCUT2D eigenvalue weighted by molar-refractivity contribution is 0.00320. The van der Waals surface area contributed by atoms with Crippen LogP contribution in [0.15, 0.2) is 48.8 Å². The molecule has 0 saturated carbocycles. The zero-order valence-corrected chi connectivity index (χ0v) is 11.3. The maximum Gasteiger partial charge on any atom is 0.251 e. The predicted octanol–water partition coefficient (Wildman–Crippen LogP) is 0.950. The lowest BCUT2D eigenvalue weighted by Gasteiger charge is -2.20. The van der Waals surface area contributed by atoms with Crippen molar-refractivity contribution < 1.29 is 15.0 Å². The summed E-state index contributed by atoms with van der Waals surface area (Å²) >= 11 is 0. The molecule has 0 spiro atoms. The molecule has 0 aliphatic carbocycles. The van der Waals surface area contributed by atoms with Gasteiger partial charge in [-0.2, -0.15) is 0 Å². The monoisotopic (exact) mass is 274 g/mol. The summed E-state index contributed by atoms with van der Waals surface area (Å²) in [6.07, 6.45) is 3.79. The van der Waals surface area contributed by atoms with Crippen molar-refractivity contribution in [3.05, 3.63) is 54.4 Å². The number of nitrogens with one attached hydrogen (secondary N) is 1. The summed E-state index contributed by atoms with van der Waals surface area (Å²) < 4.78 is 1.90. The van der Waals surface area contributed by atoms with E-state index in [1.165, 1.54) is 6.92 Å². The normalized spacial score (nSPS) is 13.8. The molecular formula is C15H18N2O3. The molecule has 1 aromatic heterocycles. The summed E-state index contributed by atoms with van der Waals surface area (Å²) in [5, 5.41) is 21.2. The third-order valence-electron chi connectivity index (χ3n) is 2.98. The van der Waals surface area contributed by atoms with Crippen LogP contribution in [0.5, 0.6) is 0 Å². The van der Waals surface area contributed by atoms with Crippen molar-refractivity contribution >= 4 is 5.91 Å². The van der Waals surface area contributed by atoms with E-state index in [0.29, 0.717) is 5.56 Å². The van der Waals surface area contributed by atoms with E-state index in [1.807, 2.05) is 35.2 Å². The van der Waals surface area contributed by atoms with Gasteiger partial charge in [-0.15, -0.1) is 0 Å². The van der Waals surface area contributed by atoms with E-state index in [1.54, 1.807) is 18.2 Å². The van der Waals surface area contributed by atoms with Gasteiger partial charge < -0.3 is 20.1 Å². The molecular weight excluding hydrogens is 256 g/mol. The van der Waals surface area contributed by atoms with E-state index in [4.69, 9.17) is 5.11 Å². The average molecular weight is 274 g/mol. The Hall–Kier alpha value is -2.11. The topological polar surface area (TPSA) is 74.5 Å². The fraction of sp³-hybridized carbons (Fsp3) is 0.267. The molecule has 1 atom stereocenters. The number of aliphatic hydroxyl groups excluding tert-OH is 1. The molecule has 20 heavy (non-hydrogen) atoms. The Bertz CT molecular complexity index is 577. The molecule has 106 valence electrons. The Morgan fingerprint density at radius 3 is 2.65 bits per heavy atom. The van der Waals surface area contributed by atoms with Gasteiger partial charge in [0.15, 0.2) is 0 Å². The van der Waals surface area contributed by atoms with E-state index in [0.717, 1.165) is 5.69 Å². The number of aromatic nitrogens is 1. The van der Waals surface area contributed by atoms with E-state index in [2.05, 4.69) is 5.32 Å². The van der Waals surface area contributed by atoms with Crippen molar-refractivity contribution in [3.63, 3.8) is 0 Å². The summed E-state index contributed by atoms with van der Waals surface area (Å²) in [4.78, 5) is 12.0. The number of carbonyl (C=O) groups is 1. The summed E-state index contributed by atoms with van der Waals surface area (Å²) in [6.45, 7) is 1.05. The maximum absolute atomic E-state index is 12.0. The SMILES string of the molecule is CC(O)(CO)CNC(=O)c1cccc(-n2cccc2)c1. The zero-order chi connectivity index (χ0) is 14.6. The van der Waals surface area contributed by atoms with E-state index in [-0.39, 0.29) is 12.5 Å². The molecule has 1 unspecified atom stereocenters. The lowest BCUT2D eigenvalue weighted by atomic mass is 10.1. The quantitative estimate of drug-likeness (QED) is 0.760. The van der Waals surface area contributed by atoms with Crippen LogP contribution >= 0.6 is 0 Å². The second kappa shape index (κ2) is 5.90. The molecule has 0 aliphatic heterocycles. The number of hydrogen-bond acceptors (Lipinski definition) is 3. The van der Waals surface area contributed by atoms with Gasteiger partial charge in [0.25, 0.3) is 5.91 Å². The summed E-state index contributed by atoms with van der Waals surface area (Å²) in [5.41, 5.74) is 0.0785. The molecule has 5 heteroatoms. The molecule has 0 saturated heterocycles. The first-order valence-electron chi connectivity index (χ1n) is 6.37. The molecule has 1 heterocycles. The summed E-state index contributed by atoms with van der Waals surface area (Å²) in [5.74, 6) is -0.285. The zero-order valence-electron chi connectivity index (χ0n) is 11.3. The van der Waals surface area contributed by atoms with E-state index < -0.39 is 12.2 Å². The van der Waals surface area contributed by atoms with Gasteiger partial charge in [0, 0.05) is 30.2 Å². The summed E-state index contributed by atoms with van der Waals surface area (Å²) in [6, 6.07) is 11.0. The van der Waals surface area contributed by atoms with Crippen molar-refractivity contribution in [2.75, 3.05) is 13.2 Å². The largest absolute Gasteiger partial charge is 0.393 e. The van der Waals surface area contributed by atoms with Crippen molar-refractivity contribution in [1.82, 2.24) is 9.88 Å². The third-order valence-corrected chi connectivity index (χ3v) is 2.98. The number of aliphatic hydroxyl groups is 2. The minimum atomic E-state index is -1.31. The van der Waals surface area contributed by atoms with Gasteiger partial charge in [-0.25, -0.2) is 0 Å². The second-order valence-electron chi connectivity index (χ2n) is 4.98. The average Bonchev–Trinajstić information content (AvgIpc) is 2.99. The van der Waals surface area contributed by atoms with Crippen LogP contribution in [0.4, 0.5) is 0 Å². The minimum absolute atomic E-state index is 0.00389. The van der Waals surface area contributed by atoms with Gasteiger partial charge in [-0.05, 0) is 37.3 Å². The van der Waals surface area contributed by atoms with E-state index in [9.17, 15) is 9.90 Å². The van der Waals surface area contributed by atoms with Crippen LogP contribution in [0.2, 0.25) is 0 Å². The highest BCUT2D eigenvalue weighted by atomic mass is 16.3. The van der Waals surface area contributed by atoms with Crippen molar-refractivity contribution in [2.24, 2.45) is 0 Å². The highest BCUT2D eigenvalue weighted by molar-refractivity contribution is 5.94. The molecule has 0 bridgehead atoms. The lowest BCUT2D eigenvalue weighted by Crippen LogP contribution is -2.43. The van der Waals surface area contributed by atoms with Crippen LogP contribution in [-0.2, 0) is 0 Å². The van der Waals surface area contributed by atoms with Crippen LogP contribution in [0, 0.1) is 0 Å². The van der Waals surface area contributed by atoms with Crippen LogP contribution in [0.25, 0.3) is 5.69 Å². The fourth-order valence-corrected chi connectivity index (χ4v) is 1.74. The molecule has 3 N–H and O–H groups in total. The minimum Gasteiger partial charge on any atom is -0.393 e. The smallest absolute Gasteiger partial charge is 0.251 e. The summed E-state index contributed by atoms with van der Waals surface area (Å²) in [7, 11) is 0. The molecule has 0 aliphatic rings.